The first kappa shape index (κ1) is 26.4. The van der Waals surface area contributed by atoms with Crippen molar-refractivity contribution in [3.05, 3.63) is 118 Å². The third-order valence-corrected chi connectivity index (χ3v) is 7.01. The zero-order chi connectivity index (χ0) is 26.0. The largest absolute Gasteiger partial charge is 0.375 e. The molecule has 2 aliphatic rings. The standard InChI is InChI=1S/C30H33N3O5/c31-33-32-17-26-16-30(22-37-26)29(36-20-25-14-8-3-9-15-25)28(35-19-24-12-6-2-7-13-24)27(38-30)21-34-18-23-10-4-1-5-11-23/h1-15,26-29H,16-22H2/t26-,27-,28-,29+,30+/m1/s1. The predicted octanol–water partition coefficient (Wildman–Crippen LogP) is 5.61. The summed E-state index contributed by atoms with van der Waals surface area (Å²) in [6.07, 6.45) is -0.826. The van der Waals surface area contributed by atoms with Crippen LogP contribution in [0.4, 0.5) is 0 Å². The molecule has 2 saturated heterocycles. The van der Waals surface area contributed by atoms with Gasteiger partial charge in [0.2, 0.25) is 0 Å². The third kappa shape index (κ3) is 6.60. The van der Waals surface area contributed by atoms with Crippen LogP contribution < -0.4 is 0 Å². The molecule has 0 amide bonds. The van der Waals surface area contributed by atoms with E-state index in [1.807, 2.05) is 91.0 Å². The Kier molecular flexibility index (Phi) is 9.04. The van der Waals surface area contributed by atoms with Crippen molar-refractivity contribution >= 4 is 0 Å². The molecular formula is C30H33N3O5. The lowest BCUT2D eigenvalue weighted by Crippen LogP contribution is -2.46. The first-order chi connectivity index (χ1) is 18.8. The Bertz CT molecular complexity index is 1180. The minimum atomic E-state index is -0.730. The summed E-state index contributed by atoms with van der Waals surface area (Å²) in [6, 6.07) is 30.2. The Morgan fingerprint density at radius 3 is 2.00 bits per heavy atom. The average Bonchev–Trinajstić information content (AvgIpc) is 3.51. The van der Waals surface area contributed by atoms with Gasteiger partial charge in [-0.2, -0.15) is 0 Å². The zero-order valence-electron chi connectivity index (χ0n) is 21.3. The highest BCUT2D eigenvalue weighted by molar-refractivity contribution is 5.16. The van der Waals surface area contributed by atoms with Crippen LogP contribution >= 0.6 is 0 Å². The number of benzene rings is 3. The summed E-state index contributed by atoms with van der Waals surface area (Å²) in [5.41, 5.74) is 11.3. The smallest absolute Gasteiger partial charge is 0.123 e. The van der Waals surface area contributed by atoms with Crippen molar-refractivity contribution in [2.75, 3.05) is 19.8 Å². The number of ether oxygens (including phenoxy) is 5. The van der Waals surface area contributed by atoms with Gasteiger partial charge in [-0.3, -0.25) is 0 Å². The van der Waals surface area contributed by atoms with Gasteiger partial charge in [-0.05, 0) is 22.2 Å². The summed E-state index contributed by atoms with van der Waals surface area (Å²) < 4.78 is 32.0. The van der Waals surface area contributed by atoms with E-state index in [2.05, 4.69) is 10.0 Å². The van der Waals surface area contributed by atoms with Gasteiger partial charge in [-0.25, -0.2) is 0 Å². The Labute approximate surface area is 223 Å². The predicted molar refractivity (Wildman–Crippen MR) is 142 cm³/mol. The number of rotatable bonds is 12. The highest BCUT2D eigenvalue weighted by atomic mass is 16.6. The molecule has 8 heteroatoms. The highest BCUT2D eigenvalue weighted by Crippen LogP contribution is 2.44. The lowest BCUT2D eigenvalue weighted by molar-refractivity contribution is -0.120. The van der Waals surface area contributed by atoms with Crippen LogP contribution in [0.3, 0.4) is 0 Å². The molecule has 2 fully saturated rings. The molecule has 0 aromatic heterocycles. The summed E-state index contributed by atoms with van der Waals surface area (Å²) in [5, 5.41) is 3.73. The summed E-state index contributed by atoms with van der Waals surface area (Å²) >= 11 is 0. The van der Waals surface area contributed by atoms with Crippen LogP contribution in [-0.2, 0) is 43.5 Å². The molecule has 38 heavy (non-hydrogen) atoms. The van der Waals surface area contributed by atoms with Crippen LogP contribution in [0.1, 0.15) is 23.1 Å². The second-order valence-electron chi connectivity index (χ2n) is 9.75. The van der Waals surface area contributed by atoms with Crippen LogP contribution in [0, 0.1) is 0 Å². The van der Waals surface area contributed by atoms with Crippen molar-refractivity contribution in [1.29, 1.82) is 0 Å². The molecule has 1 spiro atoms. The van der Waals surface area contributed by atoms with Gasteiger partial charge in [0.15, 0.2) is 0 Å². The molecule has 198 valence electrons. The highest BCUT2D eigenvalue weighted by Gasteiger charge is 2.60. The van der Waals surface area contributed by atoms with Gasteiger partial charge in [0.1, 0.15) is 23.9 Å². The molecule has 0 radical (unpaired) electrons. The molecule has 8 nitrogen and oxygen atoms in total. The van der Waals surface area contributed by atoms with Gasteiger partial charge in [0.05, 0.1) is 45.7 Å². The fourth-order valence-corrected chi connectivity index (χ4v) is 5.18. The maximum atomic E-state index is 8.81. The van der Waals surface area contributed by atoms with Crippen molar-refractivity contribution in [2.24, 2.45) is 5.11 Å². The molecule has 5 atom stereocenters. The van der Waals surface area contributed by atoms with Crippen LogP contribution in [0.5, 0.6) is 0 Å². The fourth-order valence-electron chi connectivity index (χ4n) is 5.18. The van der Waals surface area contributed by atoms with E-state index in [4.69, 9.17) is 29.2 Å². The summed E-state index contributed by atoms with van der Waals surface area (Å²) in [4.78, 5) is 2.90. The monoisotopic (exact) mass is 515 g/mol. The molecule has 5 rings (SSSR count). The molecule has 2 aliphatic heterocycles. The topological polar surface area (TPSA) is 94.9 Å². The summed E-state index contributed by atoms with van der Waals surface area (Å²) in [6.45, 7) is 2.25. The first-order valence-corrected chi connectivity index (χ1v) is 13.0. The van der Waals surface area contributed by atoms with E-state index in [1.54, 1.807) is 0 Å². The maximum absolute atomic E-state index is 8.81. The van der Waals surface area contributed by atoms with E-state index in [9.17, 15) is 0 Å². The molecule has 0 unspecified atom stereocenters. The van der Waals surface area contributed by atoms with E-state index >= 15 is 0 Å². The van der Waals surface area contributed by atoms with Gasteiger partial charge in [-0.1, -0.05) is 96.1 Å². The normalized spacial score (nSPS) is 26.4. The SMILES string of the molecule is [N-]=[N+]=NC[C@H]1C[C@@]2(CO1)O[C@H](COCc1ccccc1)[C@@H](OCc1ccccc1)[C@@H]2OCc1ccccc1. The summed E-state index contributed by atoms with van der Waals surface area (Å²) in [5.74, 6) is 0. The lowest BCUT2D eigenvalue weighted by Gasteiger charge is -2.30. The first-order valence-electron chi connectivity index (χ1n) is 13.0. The van der Waals surface area contributed by atoms with Crippen molar-refractivity contribution in [2.45, 2.75) is 56.3 Å². The van der Waals surface area contributed by atoms with Gasteiger partial charge >= 0.3 is 0 Å². The average molecular weight is 516 g/mol. The molecular weight excluding hydrogens is 482 g/mol. The Morgan fingerprint density at radius 2 is 1.39 bits per heavy atom. The molecule has 3 aromatic carbocycles. The van der Waals surface area contributed by atoms with E-state index < -0.39 is 11.7 Å². The number of azide groups is 1. The zero-order valence-corrected chi connectivity index (χ0v) is 21.3. The van der Waals surface area contributed by atoms with Crippen LogP contribution in [0.15, 0.2) is 96.1 Å². The van der Waals surface area contributed by atoms with Crippen LogP contribution in [0.2, 0.25) is 0 Å². The van der Waals surface area contributed by atoms with Crippen LogP contribution in [-0.4, -0.2) is 49.8 Å². The second-order valence-corrected chi connectivity index (χ2v) is 9.75. The number of hydrogen-bond donors (Lipinski definition) is 0. The van der Waals surface area contributed by atoms with Crippen molar-refractivity contribution in [3.63, 3.8) is 0 Å². The van der Waals surface area contributed by atoms with Crippen molar-refractivity contribution in [3.8, 4) is 0 Å². The van der Waals surface area contributed by atoms with E-state index in [0.29, 0.717) is 39.5 Å². The second kappa shape index (κ2) is 13.0. The van der Waals surface area contributed by atoms with E-state index in [0.717, 1.165) is 16.7 Å². The van der Waals surface area contributed by atoms with Crippen LogP contribution in [0.25, 0.3) is 10.4 Å². The van der Waals surface area contributed by atoms with E-state index in [-0.39, 0.29) is 24.9 Å². The Hall–Kier alpha value is -3.23. The molecule has 0 aliphatic carbocycles. The van der Waals surface area contributed by atoms with Crippen molar-refractivity contribution in [1.82, 2.24) is 0 Å². The molecule has 0 N–H and O–H groups in total. The summed E-state index contributed by atoms with van der Waals surface area (Å²) in [7, 11) is 0. The van der Waals surface area contributed by atoms with Gasteiger partial charge in [-0.15, -0.1) is 0 Å². The lowest BCUT2D eigenvalue weighted by atomic mass is 9.91. The van der Waals surface area contributed by atoms with Crippen molar-refractivity contribution < 1.29 is 23.7 Å². The van der Waals surface area contributed by atoms with E-state index in [1.165, 1.54) is 0 Å². The van der Waals surface area contributed by atoms with Gasteiger partial charge < -0.3 is 23.7 Å². The number of nitrogens with zero attached hydrogens (tertiary/aromatic N) is 3. The minimum Gasteiger partial charge on any atom is -0.375 e. The number of hydrogen-bond acceptors (Lipinski definition) is 6. The molecule has 0 saturated carbocycles. The van der Waals surface area contributed by atoms with Gasteiger partial charge in [0, 0.05) is 11.3 Å². The Morgan fingerprint density at radius 1 is 0.816 bits per heavy atom. The maximum Gasteiger partial charge on any atom is 0.123 e. The van der Waals surface area contributed by atoms with Gasteiger partial charge in [0.25, 0.3) is 0 Å². The quantitative estimate of drug-likeness (QED) is 0.177. The fraction of sp³-hybridized carbons (Fsp3) is 0.400. The molecule has 3 aromatic rings. The Balaban J connectivity index is 1.36. The molecule has 0 bridgehead atoms. The third-order valence-electron chi connectivity index (χ3n) is 7.01. The molecule has 2 heterocycles. The minimum absolute atomic E-state index is 0.243.